The van der Waals surface area contributed by atoms with Crippen LogP contribution in [0.4, 0.5) is 14.9 Å². The van der Waals surface area contributed by atoms with E-state index < -0.39 is 26.8 Å². The van der Waals surface area contributed by atoms with Crippen molar-refractivity contribution < 1.29 is 17.6 Å². The highest BCUT2D eigenvalue weighted by Crippen LogP contribution is 2.21. The Hall–Kier alpha value is -1.83. The molecule has 1 rings (SSSR count). The van der Waals surface area contributed by atoms with Gasteiger partial charge in [0.05, 0.1) is 0 Å². The smallest absolute Gasteiger partial charge is 0.328 e. The van der Waals surface area contributed by atoms with E-state index >= 15 is 0 Å². The predicted molar refractivity (Wildman–Crippen MR) is 60.3 cm³/mol. The average molecular weight is 261 g/mol. The molecule has 6 nitrogen and oxygen atoms in total. The molecular formula is C9H12FN3O3S. The van der Waals surface area contributed by atoms with Crippen LogP contribution < -0.4 is 15.8 Å². The zero-order valence-corrected chi connectivity index (χ0v) is 10.1. The summed E-state index contributed by atoms with van der Waals surface area (Å²) >= 11 is 0. The number of nitrogen functional groups attached to an aromatic ring is 1. The van der Waals surface area contributed by atoms with Crippen molar-refractivity contribution in [2.45, 2.75) is 11.8 Å². The number of benzene rings is 1. The molecule has 0 aromatic heterocycles. The number of hydrogen-bond acceptors (Lipinski definition) is 4. The van der Waals surface area contributed by atoms with Crippen molar-refractivity contribution in [3.63, 3.8) is 0 Å². The molecule has 0 saturated heterocycles. The summed E-state index contributed by atoms with van der Waals surface area (Å²) in [6.07, 6.45) is 0. The molecule has 0 spiro atoms. The lowest BCUT2D eigenvalue weighted by molar-refractivity contribution is 0.247. The lowest BCUT2D eigenvalue weighted by atomic mass is 10.2. The molecule has 0 unspecified atom stereocenters. The maximum Gasteiger partial charge on any atom is 0.328 e. The number of rotatable bonds is 2. The summed E-state index contributed by atoms with van der Waals surface area (Å²) in [5.74, 6) is -0.935. The quantitative estimate of drug-likeness (QED) is 0.668. The summed E-state index contributed by atoms with van der Waals surface area (Å²) in [6.45, 7) is 1.38. The molecule has 0 bridgehead atoms. The first-order valence-electron chi connectivity index (χ1n) is 4.58. The van der Waals surface area contributed by atoms with Gasteiger partial charge in [-0.25, -0.2) is 22.3 Å². The third-order valence-electron chi connectivity index (χ3n) is 1.99. The van der Waals surface area contributed by atoms with E-state index in [9.17, 15) is 17.6 Å². The lowest BCUT2D eigenvalue weighted by Crippen LogP contribution is -2.37. The van der Waals surface area contributed by atoms with E-state index in [-0.39, 0.29) is 11.3 Å². The van der Waals surface area contributed by atoms with Gasteiger partial charge in [0.25, 0.3) is 10.0 Å². The van der Waals surface area contributed by atoms with E-state index in [2.05, 4.69) is 5.32 Å². The largest absolute Gasteiger partial charge is 0.399 e. The summed E-state index contributed by atoms with van der Waals surface area (Å²) in [5.41, 5.74) is 5.61. The number of carbonyl (C=O) groups excluding carboxylic acids is 1. The zero-order chi connectivity index (χ0) is 13.2. The second kappa shape index (κ2) is 4.58. The highest BCUT2D eigenvalue weighted by atomic mass is 32.2. The standard InChI is InChI=1S/C9H12FN3O3S/c1-5-3-6(11)4-7(8(5)10)17(15,16)13-9(14)12-2/h3-4H,11H2,1-2H3,(H2,12,13,14). The second-order valence-corrected chi connectivity index (χ2v) is 4.99. The fourth-order valence-electron chi connectivity index (χ4n) is 1.19. The Morgan fingerprint density at radius 1 is 1.41 bits per heavy atom. The summed E-state index contributed by atoms with van der Waals surface area (Å²) < 4.78 is 38.6. The molecule has 2 amide bonds. The summed E-state index contributed by atoms with van der Waals surface area (Å²) in [7, 11) is -3.02. The molecule has 0 heterocycles. The molecule has 94 valence electrons. The molecule has 0 aliphatic heterocycles. The van der Waals surface area contributed by atoms with Gasteiger partial charge < -0.3 is 11.1 Å². The monoisotopic (exact) mass is 261 g/mol. The minimum atomic E-state index is -4.26. The molecule has 0 radical (unpaired) electrons. The van der Waals surface area contributed by atoms with Crippen molar-refractivity contribution in [3.05, 3.63) is 23.5 Å². The Labute approximate surface area is 98.1 Å². The normalized spacial score (nSPS) is 11.0. The minimum absolute atomic E-state index is 0.0854. The lowest BCUT2D eigenvalue weighted by Gasteiger charge is -2.09. The predicted octanol–water partition coefficient (Wildman–Crippen LogP) is 0.334. The second-order valence-electron chi connectivity index (χ2n) is 3.33. The average Bonchev–Trinajstić information content (AvgIpc) is 2.22. The van der Waals surface area contributed by atoms with E-state index in [1.165, 1.54) is 20.0 Å². The van der Waals surface area contributed by atoms with E-state index in [0.717, 1.165) is 6.07 Å². The van der Waals surface area contributed by atoms with Crippen molar-refractivity contribution in [2.24, 2.45) is 0 Å². The maximum absolute atomic E-state index is 13.6. The number of urea groups is 1. The number of nitrogens with two attached hydrogens (primary N) is 1. The third-order valence-corrected chi connectivity index (χ3v) is 3.32. The van der Waals surface area contributed by atoms with Crippen molar-refractivity contribution in [1.82, 2.24) is 10.0 Å². The number of aryl methyl sites for hydroxylation is 1. The zero-order valence-electron chi connectivity index (χ0n) is 9.24. The number of hydrogen-bond donors (Lipinski definition) is 3. The van der Waals surface area contributed by atoms with E-state index in [0.29, 0.717) is 0 Å². The van der Waals surface area contributed by atoms with Gasteiger partial charge in [-0.3, -0.25) is 0 Å². The van der Waals surface area contributed by atoms with Crippen molar-refractivity contribution in [1.29, 1.82) is 0 Å². The van der Waals surface area contributed by atoms with Crippen LogP contribution in [0, 0.1) is 12.7 Å². The van der Waals surface area contributed by atoms with E-state index in [4.69, 9.17) is 5.73 Å². The number of nitrogens with one attached hydrogen (secondary N) is 2. The van der Waals surface area contributed by atoms with Gasteiger partial charge in [0.2, 0.25) is 0 Å². The first kappa shape index (κ1) is 13.2. The minimum Gasteiger partial charge on any atom is -0.399 e. The molecule has 17 heavy (non-hydrogen) atoms. The number of amides is 2. The highest BCUT2D eigenvalue weighted by Gasteiger charge is 2.22. The summed E-state index contributed by atoms with van der Waals surface area (Å²) in [6, 6.07) is 1.30. The van der Waals surface area contributed by atoms with Crippen molar-refractivity contribution in [3.8, 4) is 0 Å². The molecule has 0 fully saturated rings. The molecule has 8 heteroatoms. The third kappa shape index (κ3) is 2.84. The van der Waals surface area contributed by atoms with Gasteiger partial charge >= 0.3 is 6.03 Å². The Morgan fingerprint density at radius 2 is 2.00 bits per heavy atom. The van der Waals surface area contributed by atoms with Gasteiger partial charge in [-0.05, 0) is 24.6 Å². The van der Waals surface area contributed by atoms with Crippen LogP contribution in [-0.4, -0.2) is 21.5 Å². The molecule has 0 aliphatic rings. The van der Waals surface area contributed by atoms with Gasteiger partial charge in [-0.1, -0.05) is 0 Å². The number of carbonyl (C=O) groups is 1. The SMILES string of the molecule is CNC(=O)NS(=O)(=O)c1cc(N)cc(C)c1F. The Balaban J connectivity index is 3.29. The fraction of sp³-hybridized carbons (Fsp3) is 0.222. The van der Waals surface area contributed by atoms with Crippen LogP contribution in [0.3, 0.4) is 0 Å². The first-order valence-corrected chi connectivity index (χ1v) is 6.06. The van der Waals surface area contributed by atoms with Crippen LogP contribution in [0.5, 0.6) is 0 Å². The van der Waals surface area contributed by atoms with E-state index in [1.54, 1.807) is 4.72 Å². The van der Waals surface area contributed by atoms with Gasteiger partial charge in [0.1, 0.15) is 10.7 Å². The fourth-order valence-corrected chi connectivity index (χ4v) is 2.33. The highest BCUT2D eigenvalue weighted by molar-refractivity contribution is 7.90. The van der Waals surface area contributed by atoms with Crippen LogP contribution in [-0.2, 0) is 10.0 Å². The number of anilines is 1. The topological polar surface area (TPSA) is 101 Å². The van der Waals surface area contributed by atoms with Crippen LogP contribution in [0.2, 0.25) is 0 Å². The van der Waals surface area contributed by atoms with Crippen LogP contribution in [0.15, 0.2) is 17.0 Å². The molecular weight excluding hydrogens is 249 g/mol. The molecule has 4 N–H and O–H groups in total. The maximum atomic E-state index is 13.6. The Morgan fingerprint density at radius 3 is 2.53 bits per heavy atom. The van der Waals surface area contributed by atoms with Crippen molar-refractivity contribution >= 4 is 21.7 Å². The van der Waals surface area contributed by atoms with Crippen LogP contribution >= 0.6 is 0 Å². The number of sulfonamides is 1. The summed E-state index contributed by atoms with van der Waals surface area (Å²) in [4.78, 5) is 10.3. The molecule has 0 aliphatic carbocycles. The van der Waals surface area contributed by atoms with Crippen LogP contribution in [0.1, 0.15) is 5.56 Å². The molecule has 1 aromatic rings. The van der Waals surface area contributed by atoms with E-state index in [1.807, 2.05) is 0 Å². The van der Waals surface area contributed by atoms with Gasteiger partial charge in [-0.15, -0.1) is 0 Å². The molecule has 1 aromatic carbocycles. The van der Waals surface area contributed by atoms with Gasteiger partial charge in [-0.2, -0.15) is 0 Å². The summed E-state index contributed by atoms with van der Waals surface area (Å²) in [5, 5.41) is 2.06. The Bertz CT molecular complexity index is 557. The van der Waals surface area contributed by atoms with Gasteiger partial charge in [0, 0.05) is 12.7 Å². The van der Waals surface area contributed by atoms with Crippen LogP contribution in [0.25, 0.3) is 0 Å². The Kier molecular flexibility index (Phi) is 3.56. The molecule has 0 saturated carbocycles. The molecule has 0 atom stereocenters. The number of halogens is 1. The first-order chi connectivity index (χ1) is 7.77. The van der Waals surface area contributed by atoms with Gasteiger partial charge in [0.15, 0.2) is 0 Å². The van der Waals surface area contributed by atoms with Crippen molar-refractivity contribution in [2.75, 3.05) is 12.8 Å².